The van der Waals surface area contributed by atoms with E-state index in [9.17, 15) is 35.6 Å². The Kier molecular flexibility index (Phi) is 8.77. The number of sulfonamides is 1. The molecule has 2 amide bonds. The van der Waals surface area contributed by atoms with E-state index in [2.05, 4.69) is 5.32 Å². The van der Waals surface area contributed by atoms with Gasteiger partial charge in [0.2, 0.25) is 11.8 Å². The lowest BCUT2D eigenvalue weighted by Gasteiger charge is -2.32. The Hall–Kier alpha value is -3.93. The third kappa shape index (κ3) is 6.49. The van der Waals surface area contributed by atoms with Gasteiger partial charge in [0.25, 0.3) is 10.0 Å². The van der Waals surface area contributed by atoms with Gasteiger partial charge in [-0.2, -0.15) is 13.2 Å². The van der Waals surface area contributed by atoms with Crippen molar-refractivity contribution in [2.75, 3.05) is 17.9 Å². The number of anilines is 1. The number of rotatable bonds is 9. The fourth-order valence-electron chi connectivity index (χ4n) is 3.69. The van der Waals surface area contributed by atoms with Crippen LogP contribution in [0.3, 0.4) is 0 Å². The third-order valence-corrected chi connectivity index (χ3v) is 7.57. The Morgan fingerprint density at radius 3 is 2.18 bits per heavy atom. The largest absolute Gasteiger partial charge is 0.416 e. The molecule has 0 aliphatic carbocycles. The first-order valence-corrected chi connectivity index (χ1v) is 12.8. The average molecular weight is 552 g/mol. The molecule has 0 aliphatic heterocycles. The van der Waals surface area contributed by atoms with Gasteiger partial charge in [-0.15, -0.1) is 0 Å². The molecule has 3 aromatic rings. The van der Waals surface area contributed by atoms with Crippen LogP contribution in [0, 0.1) is 5.82 Å². The first-order chi connectivity index (χ1) is 17.9. The lowest BCUT2D eigenvalue weighted by atomic mass is 10.1. The summed E-state index contributed by atoms with van der Waals surface area (Å²) in [5.74, 6) is -2.19. The second kappa shape index (κ2) is 11.6. The van der Waals surface area contributed by atoms with Crippen LogP contribution < -0.4 is 9.62 Å². The SMILES string of the molecule is CNC(=O)[C@@H](C)N(Cc1ccccc1F)C(=O)CN(c1cccc(C(F)(F)F)c1)S(=O)(=O)c1ccccc1. The molecule has 0 saturated carbocycles. The van der Waals surface area contributed by atoms with Gasteiger partial charge >= 0.3 is 6.18 Å². The van der Waals surface area contributed by atoms with E-state index in [1.807, 2.05) is 0 Å². The Labute approximate surface area is 217 Å². The minimum Gasteiger partial charge on any atom is -0.357 e. The fraction of sp³-hybridized carbons (Fsp3) is 0.231. The highest BCUT2D eigenvalue weighted by Crippen LogP contribution is 2.33. The molecule has 7 nitrogen and oxygen atoms in total. The van der Waals surface area contributed by atoms with Crippen LogP contribution in [0.4, 0.5) is 23.2 Å². The number of carbonyl (C=O) groups is 2. The van der Waals surface area contributed by atoms with Crippen molar-refractivity contribution in [1.29, 1.82) is 0 Å². The quantitative estimate of drug-likeness (QED) is 0.404. The van der Waals surface area contributed by atoms with Gasteiger partial charge in [0.1, 0.15) is 18.4 Å². The second-order valence-corrected chi connectivity index (χ2v) is 10.1. The van der Waals surface area contributed by atoms with E-state index in [1.165, 1.54) is 56.4 Å². The summed E-state index contributed by atoms with van der Waals surface area (Å²) < 4.78 is 82.4. The molecule has 38 heavy (non-hydrogen) atoms. The van der Waals surface area contributed by atoms with Crippen LogP contribution in [0.15, 0.2) is 83.8 Å². The Morgan fingerprint density at radius 2 is 1.58 bits per heavy atom. The maximum absolute atomic E-state index is 14.4. The number of halogens is 4. The van der Waals surface area contributed by atoms with Crippen LogP contribution in [0.5, 0.6) is 0 Å². The molecule has 0 spiro atoms. The van der Waals surface area contributed by atoms with Crippen molar-refractivity contribution in [2.24, 2.45) is 0 Å². The summed E-state index contributed by atoms with van der Waals surface area (Å²) in [6, 6.07) is 14.8. The summed E-state index contributed by atoms with van der Waals surface area (Å²) in [7, 11) is -3.20. The predicted molar refractivity (Wildman–Crippen MR) is 133 cm³/mol. The van der Waals surface area contributed by atoms with Crippen molar-refractivity contribution >= 4 is 27.5 Å². The van der Waals surface area contributed by atoms with Crippen LogP contribution >= 0.6 is 0 Å². The standard InChI is InChI=1S/C26H25F4N3O4S/c1-18(25(35)31-2)32(16-19-9-6-7-14-23(19)27)24(34)17-33(38(36,37)22-12-4-3-5-13-22)21-11-8-10-20(15-21)26(28,29)30/h3-15,18H,16-17H2,1-2H3,(H,31,35)/t18-/m1/s1. The molecule has 0 aliphatic rings. The molecule has 0 fully saturated rings. The summed E-state index contributed by atoms with van der Waals surface area (Å²) in [5.41, 5.74) is -1.46. The van der Waals surface area contributed by atoms with Crippen molar-refractivity contribution in [3.63, 3.8) is 0 Å². The Morgan fingerprint density at radius 1 is 0.947 bits per heavy atom. The number of carbonyl (C=O) groups excluding carboxylic acids is 2. The predicted octanol–water partition coefficient (Wildman–Crippen LogP) is 4.20. The van der Waals surface area contributed by atoms with E-state index in [-0.39, 0.29) is 17.0 Å². The first-order valence-electron chi connectivity index (χ1n) is 11.4. The van der Waals surface area contributed by atoms with Crippen LogP contribution in [-0.2, 0) is 32.3 Å². The first kappa shape index (κ1) is 28.6. The molecule has 0 radical (unpaired) electrons. The van der Waals surface area contributed by atoms with Gasteiger partial charge in [0, 0.05) is 19.2 Å². The highest BCUT2D eigenvalue weighted by atomic mass is 32.2. The Balaban J connectivity index is 2.09. The topological polar surface area (TPSA) is 86.8 Å². The molecule has 0 aromatic heterocycles. The minimum atomic E-state index is -4.77. The maximum Gasteiger partial charge on any atom is 0.416 e. The van der Waals surface area contributed by atoms with Gasteiger partial charge in [-0.1, -0.05) is 42.5 Å². The number of nitrogens with one attached hydrogen (secondary N) is 1. The molecular weight excluding hydrogens is 526 g/mol. The number of nitrogens with zero attached hydrogens (tertiary/aromatic N) is 2. The third-order valence-electron chi connectivity index (χ3n) is 5.78. The zero-order chi connectivity index (χ0) is 28.1. The number of hydrogen-bond donors (Lipinski definition) is 1. The van der Waals surface area contributed by atoms with E-state index in [1.54, 1.807) is 6.07 Å². The van der Waals surface area contributed by atoms with Crippen LogP contribution in [-0.4, -0.2) is 44.8 Å². The second-order valence-electron chi connectivity index (χ2n) is 8.28. The van der Waals surface area contributed by atoms with Crippen LogP contribution in [0.25, 0.3) is 0 Å². The van der Waals surface area contributed by atoms with E-state index in [0.29, 0.717) is 10.4 Å². The van der Waals surface area contributed by atoms with E-state index in [0.717, 1.165) is 29.2 Å². The molecule has 202 valence electrons. The summed E-state index contributed by atoms with van der Waals surface area (Å²) >= 11 is 0. The molecule has 0 bridgehead atoms. The highest BCUT2D eigenvalue weighted by Gasteiger charge is 2.35. The summed E-state index contributed by atoms with van der Waals surface area (Å²) in [5, 5.41) is 2.38. The minimum absolute atomic E-state index is 0.0631. The molecule has 0 heterocycles. The van der Waals surface area contributed by atoms with Gasteiger partial charge in [-0.25, -0.2) is 12.8 Å². The number of likely N-dealkylation sites (N-methyl/N-ethyl adjacent to an activating group) is 1. The van der Waals surface area contributed by atoms with Crippen molar-refractivity contribution in [3.8, 4) is 0 Å². The van der Waals surface area contributed by atoms with E-state index in [4.69, 9.17) is 0 Å². The van der Waals surface area contributed by atoms with Crippen molar-refractivity contribution < 1.29 is 35.6 Å². The monoisotopic (exact) mass is 551 g/mol. The molecule has 1 atom stereocenters. The highest BCUT2D eigenvalue weighted by molar-refractivity contribution is 7.92. The molecule has 0 unspecified atom stereocenters. The average Bonchev–Trinajstić information content (AvgIpc) is 2.90. The zero-order valence-electron chi connectivity index (χ0n) is 20.4. The molecular formula is C26H25F4N3O4S. The van der Waals surface area contributed by atoms with Crippen molar-refractivity contribution in [1.82, 2.24) is 10.2 Å². The lowest BCUT2D eigenvalue weighted by Crippen LogP contribution is -2.50. The zero-order valence-corrected chi connectivity index (χ0v) is 21.3. The fourth-order valence-corrected chi connectivity index (χ4v) is 5.11. The molecule has 12 heteroatoms. The molecule has 0 saturated heterocycles. The normalized spacial score (nSPS) is 12.5. The summed E-state index contributed by atoms with van der Waals surface area (Å²) in [4.78, 5) is 26.7. The molecule has 1 N–H and O–H groups in total. The van der Waals surface area contributed by atoms with Gasteiger partial charge in [-0.3, -0.25) is 13.9 Å². The smallest absolute Gasteiger partial charge is 0.357 e. The maximum atomic E-state index is 14.4. The van der Waals surface area contributed by atoms with Gasteiger partial charge < -0.3 is 10.2 Å². The molecule has 3 rings (SSSR count). The van der Waals surface area contributed by atoms with Gasteiger partial charge in [-0.05, 0) is 43.3 Å². The Bertz CT molecular complexity index is 1400. The van der Waals surface area contributed by atoms with Crippen molar-refractivity contribution in [2.45, 2.75) is 30.6 Å². The van der Waals surface area contributed by atoms with Gasteiger partial charge in [0.15, 0.2) is 0 Å². The van der Waals surface area contributed by atoms with Crippen LogP contribution in [0.1, 0.15) is 18.1 Å². The number of alkyl halides is 3. The van der Waals surface area contributed by atoms with Crippen LogP contribution in [0.2, 0.25) is 0 Å². The number of benzene rings is 3. The van der Waals surface area contributed by atoms with E-state index < -0.39 is 57.7 Å². The summed E-state index contributed by atoms with van der Waals surface area (Å²) in [6.45, 7) is 0.0358. The van der Waals surface area contributed by atoms with Crippen molar-refractivity contribution in [3.05, 3.63) is 95.8 Å². The lowest BCUT2D eigenvalue weighted by molar-refractivity contribution is -0.139. The summed E-state index contributed by atoms with van der Waals surface area (Å²) in [6.07, 6.45) is -4.77. The van der Waals surface area contributed by atoms with Gasteiger partial charge in [0.05, 0.1) is 16.1 Å². The van der Waals surface area contributed by atoms with E-state index >= 15 is 0 Å². The number of amides is 2. The molecule has 3 aromatic carbocycles. The number of hydrogen-bond acceptors (Lipinski definition) is 4.